The lowest BCUT2D eigenvalue weighted by atomic mass is 9.92. The first-order chi connectivity index (χ1) is 13.4. The van der Waals surface area contributed by atoms with Crippen molar-refractivity contribution >= 4 is 15.9 Å². The lowest BCUT2D eigenvalue weighted by molar-refractivity contribution is 0.0890. The van der Waals surface area contributed by atoms with E-state index in [4.69, 9.17) is 4.74 Å². The summed E-state index contributed by atoms with van der Waals surface area (Å²) in [6.45, 7) is 0. The smallest absolute Gasteiger partial charge is 0.251 e. The maximum atomic E-state index is 12.5. The second kappa shape index (κ2) is 8.70. The molecule has 1 amide bonds. The van der Waals surface area contributed by atoms with Crippen LogP contribution >= 0.6 is 0 Å². The Kier molecular flexibility index (Phi) is 6.31. The van der Waals surface area contributed by atoms with Crippen LogP contribution in [0, 0.1) is 0 Å². The summed E-state index contributed by atoms with van der Waals surface area (Å²) in [4.78, 5) is 16.8. The first-order valence-electron chi connectivity index (χ1n) is 9.27. The van der Waals surface area contributed by atoms with Gasteiger partial charge in [0, 0.05) is 38.0 Å². The summed E-state index contributed by atoms with van der Waals surface area (Å²) >= 11 is 0. The number of ether oxygens (including phenoxy) is 1. The van der Waals surface area contributed by atoms with Crippen LogP contribution in [0.25, 0.3) is 0 Å². The summed E-state index contributed by atoms with van der Waals surface area (Å²) in [6.07, 6.45) is 5.17. The number of carbonyl (C=O) groups is 1. The normalized spacial score (nSPS) is 20.0. The van der Waals surface area contributed by atoms with Gasteiger partial charge in [0.2, 0.25) is 15.9 Å². The summed E-state index contributed by atoms with van der Waals surface area (Å²) < 4.78 is 31.2. The number of hydrogen-bond acceptors (Lipinski definition) is 5. The molecular weight excluding hydrogens is 378 g/mol. The van der Waals surface area contributed by atoms with Crippen LogP contribution in [-0.4, -0.2) is 49.9 Å². The zero-order valence-electron chi connectivity index (χ0n) is 16.0. The van der Waals surface area contributed by atoms with Crippen molar-refractivity contribution in [2.24, 2.45) is 0 Å². The van der Waals surface area contributed by atoms with Gasteiger partial charge in [0.25, 0.3) is 5.91 Å². The third kappa shape index (κ3) is 4.88. The molecule has 0 atom stereocenters. The van der Waals surface area contributed by atoms with E-state index in [1.165, 1.54) is 26.2 Å². The Morgan fingerprint density at radius 2 is 1.75 bits per heavy atom. The van der Waals surface area contributed by atoms with Crippen molar-refractivity contribution in [1.29, 1.82) is 0 Å². The van der Waals surface area contributed by atoms with Crippen LogP contribution in [0.5, 0.6) is 5.88 Å². The molecule has 1 aliphatic rings. The van der Waals surface area contributed by atoms with Crippen LogP contribution < -0.4 is 10.1 Å². The molecule has 0 unspecified atom stereocenters. The van der Waals surface area contributed by atoms with Crippen LogP contribution in [0.1, 0.15) is 36.0 Å². The first kappa shape index (κ1) is 20.3. The van der Waals surface area contributed by atoms with Gasteiger partial charge in [-0.15, -0.1) is 0 Å². The summed E-state index contributed by atoms with van der Waals surface area (Å²) in [5, 5.41) is 3.03. The molecule has 8 heteroatoms. The van der Waals surface area contributed by atoms with Gasteiger partial charge in [0.1, 0.15) is 6.10 Å². The summed E-state index contributed by atoms with van der Waals surface area (Å²) in [7, 11) is -0.544. The number of nitrogens with zero attached hydrogens (tertiary/aromatic N) is 2. The van der Waals surface area contributed by atoms with Crippen LogP contribution in [-0.2, 0) is 10.0 Å². The SMILES string of the molecule is CN(C)S(=O)(=O)c1ccc(C(=O)NC2CCC(Oc3ccccn3)CC2)cc1. The topological polar surface area (TPSA) is 88.6 Å². The van der Waals surface area contributed by atoms with E-state index >= 15 is 0 Å². The molecule has 0 bridgehead atoms. The van der Waals surface area contributed by atoms with Gasteiger partial charge in [-0.1, -0.05) is 6.07 Å². The van der Waals surface area contributed by atoms with Crippen molar-refractivity contribution in [3.05, 3.63) is 54.2 Å². The fourth-order valence-corrected chi connectivity index (χ4v) is 4.07. The molecule has 0 aliphatic heterocycles. The molecule has 28 heavy (non-hydrogen) atoms. The van der Waals surface area contributed by atoms with Gasteiger partial charge in [-0.25, -0.2) is 17.7 Å². The fourth-order valence-electron chi connectivity index (χ4n) is 3.17. The Morgan fingerprint density at radius 1 is 1.07 bits per heavy atom. The number of aromatic nitrogens is 1. The van der Waals surface area contributed by atoms with Gasteiger partial charge >= 0.3 is 0 Å². The minimum Gasteiger partial charge on any atom is -0.474 e. The Bertz CT molecular complexity index is 891. The largest absolute Gasteiger partial charge is 0.474 e. The van der Waals surface area contributed by atoms with Crippen molar-refractivity contribution in [3.63, 3.8) is 0 Å². The number of benzene rings is 1. The van der Waals surface area contributed by atoms with E-state index in [0.717, 1.165) is 30.0 Å². The summed E-state index contributed by atoms with van der Waals surface area (Å²) in [6, 6.07) is 11.7. The highest BCUT2D eigenvalue weighted by Crippen LogP contribution is 2.23. The van der Waals surface area contributed by atoms with E-state index < -0.39 is 10.0 Å². The van der Waals surface area contributed by atoms with Crippen LogP contribution in [0.4, 0.5) is 0 Å². The number of carbonyl (C=O) groups excluding carboxylic acids is 1. The Morgan fingerprint density at radius 3 is 2.32 bits per heavy atom. The second-order valence-electron chi connectivity index (χ2n) is 7.04. The van der Waals surface area contributed by atoms with E-state index in [-0.39, 0.29) is 22.9 Å². The number of hydrogen-bond donors (Lipinski definition) is 1. The molecular formula is C20H25N3O4S. The second-order valence-corrected chi connectivity index (χ2v) is 9.20. The third-order valence-electron chi connectivity index (χ3n) is 4.83. The molecule has 0 spiro atoms. The Hall–Kier alpha value is -2.45. The Balaban J connectivity index is 1.52. The molecule has 1 fully saturated rings. The van der Waals surface area contributed by atoms with Gasteiger partial charge in [0.05, 0.1) is 4.90 Å². The molecule has 1 N–H and O–H groups in total. The van der Waals surface area contributed by atoms with E-state index in [1.54, 1.807) is 18.3 Å². The van der Waals surface area contributed by atoms with Gasteiger partial charge in [-0.3, -0.25) is 4.79 Å². The average molecular weight is 404 g/mol. The molecule has 1 aliphatic carbocycles. The van der Waals surface area contributed by atoms with Crippen molar-refractivity contribution < 1.29 is 17.9 Å². The summed E-state index contributed by atoms with van der Waals surface area (Å²) in [5.74, 6) is 0.436. The zero-order valence-corrected chi connectivity index (χ0v) is 16.9. The maximum Gasteiger partial charge on any atom is 0.251 e. The average Bonchev–Trinajstić information content (AvgIpc) is 2.70. The Labute approximate surface area is 165 Å². The minimum absolute atomic E-state index is 0.0845. The molecule has 0 saturated heterocycles. The van der Waals surface area contributed by atoms with Crippen LogP contribution in [0.15, 0.2) is 53.6 Å². The molecule has 3 rings (SSSR count). The number of rotatable bonds is 6. The molecule has 1 saturated carbocycles. The standard InChI is InChI=1S/C20H25N3O4S/c1-23(2)28(25,26)18-12-6-15(7-13-18)20(24)22-16-8-10-17(11-9-16)27-19-5-3-4-14-21-19/h3-7,12-14,16-17H,8-11H2,1-2H3,(H,22,24). The highest BCUT2D eigenvalue weighted by atomic mass is 32.2. The zero-order chi connectivity index (χ0) is 20.1. The lowest BCUT2D eigenvalue weighted by Gasteiger charge is -2.29. The van der Waals surface area contributed by atoms with Crippen molar-refractivity contribution in [2.75, 3.05) is 14.1 Å². The fraction of sp³-hybridized carbons (Fsp3) is 0.400. The molecule has 1 heterocycles. The number of nitrogens with one attached hydrogen (secondary N) is 1. The van der Waals surface area contributed by atoms with Gasteiger partial charge in [0.15, 0.2) is 0 Å². The van der Waals surface area contributed by atoms with Crippen molar-refractivity contribution in [3.8, 4) is 5.88 Å². The van der Waals surface area contributed by atoms with E-state index in [0.29, 0.717) is 11.4 Å². The first-order valence-corrected chi connectivity index (χ1v) is 10.7. The molecule has 1 aromatic carbocycles. The van der Waals surface area contributed by atoms with E-state index in [1.807, 2.05) is 18.2 Å². The maximum absolute atomic E-state index is 12.5. The van der Waals surface area contributed by atoms with Crippen LogP contribution in [0.2, 0.25) is 0 Å². The van der Waals surface area contributed by atoms with E-state index in [9.17, 15) is 13.2 Å². The predicted octanol–water partition coefficient (Wildman–Crippen LogP) is 2.45. The monoisotopic (exact) mass is 403 g/mol. The quantitative estimate of drug-likeness (QED) is 0.800. The van der Waals surface area contributed by atoms with Gasteiger partial charge < -0.3 is 10.1 Å². The molecule has 7 nitrogen and oxygen atoms in total. The van der Waals surface area contributed by atoms with Gasteiger partial charge in [-0.2, -0.15) is 0 Å². The molecule has 1 aromatic heterocycles. The van der Waals surface area contributed by atoms with Crippen molar-refractivity contribution in [2.45, 2.75) is 42.7 Å². The van der Waals surface area contributed by atoms with Crippen LogP contribution in [0.3, 0.4) is 0 Å². The minimum atomic E-state index is -3.50. The highest BCUT2D eigenvalue weighted by molar-refractivity contribution is 7.89. The summed E-state index contributed by atoms with van der Waals surface area (Å²) in [5.41, 5.74) is 0.449. The number of pyridine rings is 1. The van der Waals surface area contributed by atoms with Crippen molar-refractivity contribution in [1.82, 2.24) is 14.6 Å². The predicted molar refractivity (Wildman–Crippen MR) is 106 cm³/mol. The number of sulfonamides is 1. The third-order valence-corrected chi connectivity index (χ3v) is 6.66. The molecule has 150 valence electrons. The van der Waals surface area contributed by atoms with E-state index in [2.05, 4.69) is 10.3 Å². The lowest BCUT2D eigenvalue weighted by Crippen LogP contribution is -2.39. The number of amides is 1. The highest BCUT2D eigenvalue weighted by Gasteiger charge is 2.24. The van der Waals surface area contributed by atoms with Gasteiger partial charge in [-0.05, 0) is 56.0 Å². The molecule has 0 radical (unpaired) electrons. The molecule has 2 aromatic rings.